The second kappa shape index (κ2) is 11.8. The molecule has 2 aromatic rings. The normalized spacial score (nSPS) is 19.6. The number of ether oxygens (including phenoxy) is 2. The zero-order chi connectivity index (χ0) is 28.4. The third-order valence-corrected chi connectivity index (χ3v) is 7.39. The second-order valence-electron chi connectivity index (χ2n) is 12.8. The number of fused-ring (bicyclic) bond motifs is 1. The van der Waals surface area contributed by atoms with E-state index in [-0.39, 0.29) is 41.4 Å². The molecule has 39 heavy (non-hydrogen) atoms. The van der Waals surface area contributed by atoms with Crippen molar-refractivity contribution in [1.29, 1.82) is 0 Å². The van der Waals surface area contributed by atoms with Crippen molar-refractivity contribution in [3.8, 4) is 11.6 Å². The van der Waals surface area contributed by atoms with Gasteiger partial charge in [-0.15, -0.1) is 0 Å². The number of nitrogens with one attached hydrogen (secondary N) is 2. The molecule has 2 aliphatic rings. The van der Waals surface area contributed by atoms with Gasteiger partial charge in [0, 0.05) is 37.2 Å². The summed E-state index contributed by atoms with van der Waals surface area (Å²) >= 11 is 0. The molecular weight excluding hydrogens is 497 g/mol. The van der Waals surface area contributed by atoms with Crippen molar-refractivity contribution in [1.82, 2.24) is 15.6 Å². The first-order valence-electron chi connectivity index (χ1n) is 14.1. The lowest BCUT2D eigenvalue weighted by atomic mass is 9.73. The highest BCUT2D eigenvalue weighted by molar-refractivity contribution is 5.73. The van der Waals surface area contributed by atoms with Gasteiger partial charge in [-0.1, -0.05) is 32.9 Å². The van der Waals surface area contributed by atoms with Gasteiger partial charge in [-0.05, 0) is 75.1 Å². The van der Waals surface area contributed by atoms with Gasteiger partial charge in [0.1, 0.15) is 11.4 Å². The summed E-state index contributed by atoms with van der Waals surface area (Å²) < 4.78 is 26.6. The van der Waals surface area contributed by atoms with E-state index in [1.807, 2.05) is 13.8 Å². The molecule has 1 aliphatic heterocycles. The Morgan fingerprint density at radius 2 is 2.03 bits per heavy atom. The van der Waals surface area contributed by atoms with Crippen LogP contribution in [0.15, 0.2) is 30.3 Å². The number of carbonyl (C=O) groups excluding carboxylic acids is 1. The minimum atomic E-state index is -0.886. The van der Waals surface area contributed by atoms with Crippen molar-refractivity contribution >= 4 is 5.91 Å². The summed E-state index contributed by atoms with van der Waals surface area (Å²) in [5.41, 5.74) is 2.43. The lowest BCUT2D eigenvalue weighted by molar-refractivity contribution is -0.120. The molecule has 0 saturated heterocycles. The van der Waals surface area contributed by atoms with Crippen LogP contribution in [0, 0.1) is 11.2 Å². The van der Waals surface area contributed by atoms with Crippen LogP contribution in [0.25, 0.3) is 0 Å². The summed E-state index contributed by atoms with van der Waals surface area (Å²) in [7, 11) is 0. The Balaban J connectivity index is 1.60. The zero-order valence-electron chi connectivity index (χ0n) is 24.1. The van der Waals surface area contributed by atoms with Crippen LogP contribution in [0.2, 0.25) is 0 Å². The highest BCUT2D eigenvalue weighted by Crippen LogP contribution is 2.52. The number of nitrogens with zero attached hydrogens (tertiary/aromatic N) is 1. The molecule has 1 amide bonds. The number of aromatic nitrogens is 1. The van der Waals surface area contributed by atoms with Crippen LogP contribution in [-0.2, 0) is 17.6 Å². The fraction of sp³-hybridized carbons (Fsp3) is 0.613. The number of halogens is 1. The van der Waals surface area contributed by atoms with Gasteiger partial charge in [0.05, 0.1) is 18.2 Å². The summed E-state index contributed by atoms with van der Waals surface area (Å²) in [6.45, 7) is 12.2. The summed E-state index contributed by atoms with van der Waals surface area (Å²) in [5, 5.41) is 17.6. The van der Waals surface area contributed by atoms with E-state index in [0.29, 0.717) is 23.6 Å². The molecule has 1 fully saturated rings. The first-order valence-corrected chi connectivity index (χ1v) is 14.1. The fourth-order valence-electron chi connectivity index (χ4n) is 5.55. The van der Waals surface area contributed by atoms with Crippen LogP contribution in [0.3, 0.4) is 0 Å². The fourth-order valence-corrected chi connectivity index (χ4v) is 5.55. The van der Waals surface area contributed by atoms with E-state index in [4.69, 9.17) is 14.5 Å². The van der Waals surface area contributed by atoms with Crippen molar-refractivity contribution in [2.45, 2.75) is 110 Å². The number of carbonyl (C=O) groups is 1. The van der Waals surface area contributed by atoms with Crippen molar-refractivity contribution in [2.24, 2.45) is 5.41 Å². The molecule has 8 heteroatoms. The maximum absolute atomic E-state index is 13.8. The number of aliphatic hydroxyl groups is 1. The number of amides is 1. The zero-order valence-corrected chi connectivity index (χ0v) is 24.1. The molecule has 4 rings (SSSR count). The molecule has 1 aliphatic carbocycles. The van der Waals surface area contributed by atoms with Gasteiger partial charge >= 0.3 is 0 Å². The van der Waals surface area contributed by atoms with E-state index in [9.17, 15) is 14.3 Å². The predicted octanol–water partition coefficient (Wildman–Crippen LogP) is 5.04. The van der Waals surface area contributed by atoms with E-state index < -0.39 is 12.1 Å². The van der Waals surface area contributed by atoms with Crippen molar-refractivity contribution in [2.75, 3.05) is 6.54 Å². The largest absolute Gasteiger partial charge is 0.481 e. The Labute approximate surface area is 231 Å². The molecule has 2 heterocycles. The van der Waals surface area contributed by atoms with E-state index in [0.717, 1.165) is 43.4 Å². The van der Waals surface area contributed by atoms with Gasteiger partial charge in [-0.3, -0.25) is 4.79 Å². The number of pyridine rings is 1. The standard InChI is InChI=1S/C31H44FN3O4/c1-19(2)38-29-28-24(15-23(35-29)16-30(4,5)6)26(17-31(39-28)11-8-12-31)33-18-27(37)25(34-20(3)36)14-21-9-7-10-22(32)13-21/h7,9-10,13,15,19,25-27,33,37H,8,11-12,14,16-18H2,1-6H3,(H,34,36)/t25-,26+,27+/m0/s1. The van der Waals surface area contributed by atoms with Gasteiger partial charge in [0.2, 0.25) is 5.91 Å². The molecule has 0 bridgehead atoms. The van der Waals surface area contributed by atoms with Gasteiger partial charge in [0.15, 0.2) is 5.75 Å². The predicted molar refractivity (Wildman–Crippen MR) is 149 cm³/mol. The highest BCUT2D eigenvalue weighted by atomic mass is 19.1. The molecule has 7 nitrogen and oxygen atoms in total. The summed E-state index contributed by atoms with van der Waals surface area (Å²) in [6, 6.07) is 7.72. The monoisotopic (exact) mass is 541 g/mol. The third-order valence-electron chi connectivity index (χ3n) is 7.39. The first-order chi connectivity index (χ1) is 18.3. The van der Waals surface area contributed by atoms with Crippen molar-refractivity contribution < 1.29 is 23.8 Å². The Morgan fingerprint density at radius 1 is 1.28 bits per heavy atom. The quantitative estimate of drug-likeness (QED) is 0.390. The third kappa shape index (κ3) is 7.70. The van der Waals surface area contributed by atoms with Gasteiger partial charge in [0.25, 0.3) is 5.88 Å². The van der Waals surface area contributed by atoms with Crippen LogP contribution < -0.4 is 20.1 Å². The second-order valence-corrected chi connectivity index (χ2v) is 12.8. The molecule has 1 aromatic carbocycles. The number of aliphatic hydroxyl groups excluding tert-OH is 1. The Hall–Kier alpha value is -2.71. The van der Waals surface area contributed by atoms with Crippen molar-refractivity contribution in [3.63, 3.8) is 0 Å². The number of rotatable bonds is 10. The maximum Gasteiger partial charge on any atom is 0.257 e. The number of hydrogen-bond acceptors (Lipinski definition) is 6. The number of hydrogen-bond donors (Lipinski definition) is 3. The van der Waals surface area contributed by atoms with Gasteiger partial charge < -0.3 is 25.2 Å². The topological polar surface area (TPSA) is 92.7 Å². The molecule has 1 saturated carbocycles. The van der Waals surface area contributed by atoms with Gasteiger partial charge in [-0.2, -0.15) is 0 Å². The average molecular weight is 542 g/mol. The molecule has 0 radical (unpaired) electrons. The summed E-state index contributed by atoms with van der Waals surface area (Å²) in [5.74, 6) is 0.638. The van der Waals surface area contributed by atoms with E-state index >= 15 is 0 Å². The van der Waals surface area contributed by atoms with Crippen LogP contribution in [0.1, 0.15) is 90.1 Å². The average Bonchev–Trinajstić information content (AvgIpc) is 2.79. The summed E-state index contributed by atoms with van der Waals surface area (Å²) in [4.78, 5) is 16.8. The molecule has 0 unspecified atom stereocenters. The molecule has 1 aromatic heterocycles. The van der Waals surface area contributed by atoms with E-state index in [2.05, 4.69) is 37.5 Å². The van der Waals surface area contributed by atoms with Crippen LogP contribution >= 0.6 is 0 Å². The molecular formula is C31H44FN3O4. The first kappa shape index (κ1) is 29.3. The van der Waals surface area contributed by atoms with E-state index in [1.54, 1.807) is 12.1 Å². The van der Waals surface area contributed by atoms with Crippen LogP contribution in [0.5, 0.6) is 11.6 Å². The lowest BCUT2D eigenvalue weighted by Gasteiger charge is -2.48. The van der Waals surface area contributed by atoms with Gasteiger partial charge in [-0.25, -0.2) is 9.37 Å². The highest BCUT2D eigenvalue weighted by Gasteiger charge is 2.47. The smallest absolute Gasteiger partial charge is 0.257 e. The van der Waals surface area contributed by atoms with E-state index in [1.165, 1.54) is 19.1 Å². The SMILES string of the molecule is CC(=O)N[C@@H](Cc1cccc(F)c1)[C@H](O)CN[C@@H]1CC2(CCC2)Oc2c1cc(CC(C)(C)C)nc2OC(C)C. The lowest BCUT2D eigenvalue weighted by Crippen LogP contribution is -2.52. The molecule has 3 N–H and O–H groups in total. The molecule has 1 spiro atoms. The van der Waals surface area contributed by atoms with Crippen molar-refractivity contribution in [3.05, 3.63) is 53.0 Å². The minimum Gasteiger partial charge on any atom is -0.481 e. The summed E-state index contributed by atoms with van der Waals surface area (Å²) in [6.07, 6.45) is 3.99. The number of benzene rings is 1. The Kier molecular flexibility index (Phi) is 8.86. The Bertz CT molecular complexity index is 1160. The molecule has 214 valence electrons. The van der Waals surface area contributed by atoms with Crippen LogP contribution in [-0.4, -0.2) is 46.4 Å². The minimum absolute atomic E-state index is 0.0443. The Morgan fingerprint density at radius 3 is 2.62 bits per heavy atom. The molecule has 3 atom stereocenters. The maximum atomic E-state index is 13.8. The van der Waals surface area contributed by atoms with Crippen LogP contribution in [0.4, 0.5) is 4.39 Å².